The van der Waals surface area contributed by atoms with E-state index in [9.17, 15) is 14.5 Å². The van der Waals surface area contributed by atoms with Crippen molar-refractivity contribution in [2.45, 2.75) is 13.0 Å². The van der Waals surface area contributed by atoms with Crippen LogP contribution in [0.3, 0.4) is 0 Å². The molecule has 6 nitrogen and oxygen atoms in total. The average Bonchev–Trinajstić information content (AvgIpc) is 2.78. The van der Waals surface area contributed by atoms with Gasteiger partial charge in [-0.2, -0.15) is 9.49 Å². The maximum Gasteiger partial charge on any atom is 0.306 e. The monoisotopic (exact) mass is 264 g/mol. The van der Waals surface area contributed by atoms with Gasteiger partial charge in [-0.1, -0.05) is 0 Å². The topological polar surface area (TPSA) is 73.0 Å². The fraction of sp³-hybridized carbons (Fsp3) is 0.250. The smallest absolute Gasteiger partial charge is 0.306 e. The molecule has 1 unspecified atom stereocenters. The van der Waals surface area contributed by atoms with Gasteiger partial charge in [0, 0.05) is 30.6 Å². The number of benzene rings is 1. The number of nitro groups is 1. The molecule has 0 spiro atoms. The van der Waals surface area contributed by atoms with Gasteiger partial charge in [-0.3, -0.25) is 14.8 Å². The molecule has 19 heavy (non-hydrogen) atoms. The first-order valence-electron chi connectivity index (χ1n) is 5.66. The van der Waals surface area contributed by atoms with Gasteiger partial charge in [0.15, 0.2) is 0 Å². The van der Waals surface area contributed by atoms with Crippen molar-refractivity contribution in [3.05, 3.63) is 52.1 Å². The second-order valence-corrected chi connectivity index (χ2v) is 4.24. The van der Waals surface area contributed by atoms with Gasteiger partial charge >= 0.3 is 5.69 Å². The molecule has 1 heterocycles. The molecule has 1 N–H and O–H groups in total. The van der Waals surface area contributed by atoms with Gasteiger partial charge in [0.05, 0.1) is 17.2 Å². The maximum atomic E-state index is 13.2. The predicted molar refractivity (Wildman–Crippen MR) is 68.3 cm³/mol. The van der Waals surface area contributed by atoms with Crippen molar-refractivity contribution in [3.8, 4) is 0 Å². The summed E-state index contributed by atoms with van der Waals surface area (Å²) in [6.45, 7) is 1.90. The third-order valence-electron chi connectivity index (χ3n) is 2.75. The van der Waals surface area contributed by atoms with E-state index in [2.05, 4.69) is 10.4 Å². The lowest BCUT2D eigenvalue weighted by atomic mass is 10.1. The van der Waals surface area contributed by atoms with Crippen LogP contribution in [0.15, 0.2) is 30.6 Å². The molecule has 1 aromatic carbocycles. The SMILES string of the molecule is CC(Nc1ccc(F)c([N+](=O)[O-])c1)c1cnn(C)c1. The van der Waals surface area contributed by atoms with Crippen LogP contribution < -0.4 is 5.32 Å². The summed E-state index contributed by atoms with van der Waals surface area (Å²) in [6.07, 6.45) is 3.55. The van der Waals surface area contributed by atoms with Crippen LogP contribution in [-0.2, 0) is 7.05 Å². The number of hydrogen-bond acceptors (Lipinski definition) is 4. The van der Waals surface area contributed by atoms with E-state index in [4.69, 9.17) is 0 Å². The number of nitro benzene ring substituents is 1. The van der Waals surface area contributed by atoms with Gasteiger partial charge in [0.25, 0.3) is 0 Å². The van der Waals surface area contributed by atoms with Crippen LogP contribution in [0.2, 0.25) is 0 Å². The lowest BCUT2D eigenvalue weighted by Gasteiger charge is -2.13. The van der Waals surface area contributed by atoms with Crippen LogP contribution in [0, 0.1) is 15.9 Å². The van der Waals surface area contributed by atoms with E-state index in [0.29, 0.717) is 5.69 Å². The second-order valence-electron chi connectivity index (χ2n) is 4.24. The molecule has 0 amide bonds. The van der Waals surface area contributed by atoms with Crippen LogP contribution in [0.25, 0.3) is 0 Å². The summed E-state index contributed by atoms with van der Waals surface area (Å²) < 4.78 is 14.9. The number of hydrogen-bond donors (Lipinski definition) is 1. The first-order chi connectivity index (χ1) is 8.97. The average molecular weight is 264 g/mol. The number of nitrogens with one attached hydrogen (secondary N) is 1. The summed E-state index contributed by atoms with van der Waals surface area (Å²) in [5.74, 6) is -0.843. The highest BCUT2D eigenvalue weighted by atomic mass is 19.1. The van der Waals surface area contributed by atoms with Gasteiger partial charge in [0.1, 0.15) is 0 Å². The van der Waals surface area contributed by atoms with Crippen LogP contribution in [0.5, 0.6) is 0 Å². The number of anilines is 1. The molecule has 100 valence electrons. The maximum absolute atomic E-state index is 13.2. The van der Waals surface area contributed by atoms with E-state index >= 15 is 0 Å². The zero-order valence-corrected chi connectivity index (χ0v) is 10.5. The predicted octanol–water partition coefficient (Wildman–Crippen LogP) is 2.64. The van der Waals surface area contributed by atoms with Gasteiger partial charge < -0.3 is 5.32 Å². The fourth-order valence-corrected chi connectivity index (χ4v) is 1.74. The van der Waals surface area contributed by atoms with Crippen molar-refractivity contribution in [1.82, 2.24) is 9.78 Å². The summed E-state index contributed by atoms with van der Waals surface area (Å²) in [4.78, 5) is 9.92. The van der Waals surface area contributed by atoms with Gasteiger partial charge in [0.2, 0.25) is 5.82 Å². The summed E-state index contributed by atoms with van der Waals surface area (Å²) in [6, 6.07) is 3.65. The van der Waals surface area contributed by atoms with E-state index in [-0.39, 0.29) is 6.04 Å². The standard InChI is InChI=1S/C12H13FN4O2/c1-8(9-6-14-16(2)7-9)15-10-3-4-11(13)12(5-10)17(18)19/h3-8,15H,1-2H3. The third kappa shape index (κ3) is 2.87. The zero-order chi connectivity index (χ0) is 14.0. The van der Waals surface area contributed by atoms with Crippen LogP contribution in [0.1, 0.15) is 18.5 Å². The highest BCUT2D eigenvalue weighted by Gasteiger charge is 2.15. The summed E-state index contributed by atoms with van der Waals surface area (Å²) in [7, 11) is 1.80. The number of rotatable bonds is 4. The molecule has 0 bridgehead atoms. The molecule has 0 aliphatic rings. The molecule has 0 aliphatic heterocycles. The molecule has 0 saturated heterocycles. The molecule has 0 saturated carbocycles. The number of aryl methyl sites for hydroxylation is 1. The Labute approximate surface area is 109 Å². The van der Waals surface area contributed by atoms with E-state index in [1.807, 2.05) is 13.1 Å². The molecule has 2 rings (SSSR count). The Kier molecular flexibility index (Phi) is 3.46. The number of nitrogens with zero attached hydrogens (tertiary/aromatic N) is 3. The Bertz CT molecular complexity index is 612. The number of aromatic nitrogens is 2. The normalized spacial score (nSPS) is 12.2. The van der Waals surface area contributed by atoms with Crippen molar-refractivity contribution in [3.63, 3.8) is 0 Å². The minimum absolute atomic E-state index is 0.0845. The lowest BCUT2D eigenvalue weighted by molar-refractivity contribution is -0.387. The lowest BCUT2D eigenvalue weighted by Crippen LogP contribution is -2.06. The third-order valence-corrected chi connectivity index (χ3v) is 2.75. The molecule has 2 aromatic rings. The van der Waals surface area contributed by atoms with Gasteiger partial charge in [-0.25, -0.2) is 0 Å². The Morgan fingerprint density at radius 1 is 1.53 bits per heavy atom. The van der Waals surface area contributed by atoms with Crippen molar-refractivity contribution >= 4 is 11.4 Å². The molecule has 1 atom stereocenters. The van der Waals surface area contributed by atoms with Crippen molar-refractivity contribution < 1.29 is 9.31 Å². The summed E-state index contributed by atoms with van der Waals surface area (Å²) in [5.41, 5.74) is 0.891. The number of halogens is 1. The minimum atomic E-state index is -0.843. The molecule has 1 aromatic heterocycles. The summed E-state index contributed by atoms with van der Waals surface area (Å²) in [5, 5.41) is 17.8. The molecular formula is C12H13FN4O2. The van der Waals surface area contributed by atoms with Crippen molar-refractivity contribution in [2.75, 3.05) is 5.32 Å². The van der Waals surface area contributed by atoms with Gasteiger partial charge in [-0.05, 0) is 19.1 Å². The molecule has 0 radical (unpaired) electrons. The molecular weight excluding hydrogens is 251 g/mol. The van der Waals surface area contributed by atoms with E-state index < -0.39 is 16.4 Å². The van der Waals surface area contributed by atoms with E-state index in [1.54, 1.807) is 17.9 Å². The molecule has 0 fully saturated rings. The Morgan fingerprint density at radius 3 is 2.84 bits per heavy atom. The minimum Gasteiger partial charge on any atom is -0.378 e. The van der Waals surface area contributed by atoms with Gasteiger partial charge in [-0.15, -0.1) is 0 Å². The molecule has 7 heteroatoms. The Morgan fingerprint density at radius 2 is 2.26 bits per heavy atom. The fourth-order valence-electron chi connectivity index (χ4n) is 1.74. The molecule has 0 aliphatic carbocycles. The highest BCUT2D eigenvalue weighted by Crippen LogP contribution is 2.24. The summed E-state index contributed by atoms with van der Waals surface area (Å²) >= 11 is 0. The van der Waals surface area contributed by atoms with Crippen LogP contribution in [0.4, 0.5) is 15.8 Å². The first kappa shape index (κ1) is 13.0. The zero-order valence-electron chi connectivity index (χ0n) is 10.5. The van der Waals surface area contributed by atoms with E-state index in [1.165, 1.54) is 12.1 Å². The second kappa shape index (κ2) is 5.05. The Hall–Kier alpha value is -2.44. The highest BCUT2D eigenvalue weighted by molar-refractivity contribution is 5.52. The van der Waals surface area contributed by atoms with E-state index in [0.717, 1.165) is 11.6 Å². The Balaban J connectivity index is 2.19. The van der Waals surface area contributed by atoms with Crippen LogP contribution in [-0.4, -0.2) is 14.7 Å². The first-order valence-corrected chi connectivity index (χ1v) is 5.66. The van der Waals surface area contributed by atoms with Crippen molar-refractivity contribution in [2.24, 2.45) is 7.05 Å². The van der Waals surface area contributed by atoms with Crippen molar-refractivity contribution in [1.29, 1.82) is 0 Å². The van der Waals surface area contributed by atoms with Crippen LogP contribution >= 0.6 is 0 Å². The largest absolute Gasteiger partial charge is 0.378 e. The quantitative estimate of drug-likeness (QED) is 0.680.